The van der Waals surface area contributed by atoms with Gasteiger partial charge < -0.3 is 10.8 Å². The molecule has 0 amide bonds. The molecular formula is C16H34N2O. The van der Waals surface area contributed by atoms with Crippen molar-refractivity contribution in [1.82, 2.24) is 4.90 Å². The van der Waals surface area contributed by atoms with Crippen LogP contribution in [-0.2, 0) is 0 Å². The van der Waals surface area contributed by atoms with E-state index in [0.29, 0.717) is 23.4 Å². The number of aliphatic hydroxyl groups is 1. The highest BCUT2D eigenvalue weighted by Gasteiger charge is 2.35. The minimum Gasteiger partial charge on any atom is -0.395 e. The van der Waals surface area contributed by atoms with Crippen molar-refractivity contribution in [3.63, 3.8) is 0 Å². The largest absolute Gasteiger partial charge is 0.395 e. The van der Waals surface area contributed by atoms with E-state index in [1.54, 1.807) is 0 Å². The van der Waals surface area contributed by atoms with E-state index in [1.807, 2.05) is 0 Å². The molecule has 1 saturated carbocycles. The summed E-state index contributed by atoms with van der Waals surface area (Å²) in [6, 6.07) is 0.813. The van der Waals surface area contributed by atoms with Crippen molar-refractivity contribution in [2.24, 2.45) is 23.0 Å². The van der Waals surface area contributed by atoms with Gasteiger partial charge in [0.1, 0.15) is 0 Å². The van der Waals surface area contributed by atoms with Gasteiger partial charge in [-0.3, -0.25) is 4.90 Å². The summed E-state index contributed by atoms with van der Waals surface area (Å²) in [5.41, 5.74) is 6.73. The van der Waals surface area contributed by atoms with E-state index in [-0.39, 0.29) is 6.61 Å². The molecule has 0 radical (unpaired) electrons. The fourth-order valence-electron chi connectivity index (χ4n) is 3.27. The second kappa shape index (κ2) is 7.05. The summed E-state index contributed by atoms with van der Waals surface area (Å²) in [6.07, 6.45) is 3.65. The van der Waals surface area contributed by atoms with E-state index in [2.05, 4.69) is 39.5 Å². The first-order chi connectivity index (χ1) is 8.75. The maximum atomic E-state index is 9.19. The Balaban J connectivity index is 2.63. The van der Waals surface area contributed by atoms with Gasteiger partial charge in [0.2, 0.25) is 0 Å². The van der Waals surface area contributed by atoms with E-state index >= 15 is 0 Å². The average Bonchev–Trinajstić information content (AvgIpc) is 2.29. The molecule has 0 aromatic heterocycles. The monoisotopic (exact) mass is 270 g/mol. The Hall–Kier alpha value is -0.120. The molecule has 1 fully saturated rings. The number of hydrogen-bond acceptors (Lipinski definition) is 3. The van der Waals surface area contributed by atoms with E-state index < -0.39 is 0 Å². The molecular weight excluding hydrogens is 236 g/mol. The molecule has 1 rings (SSSR count). The molecule has 3 N–H and O–H groups in total. The van der Waals surface area contributed by atoms with Crippen LogP contribution in [-0.4, -0.2) is 41.8 Å². The third kappa shape index (κ3) is 5.05. The first-order valence-electron chi connectivity index (χ1n) is 7.86. The lowest BCUT2D eigenvalue weighted by Gasteiger charge is -2.43. The van der Waals surface area contributed by atoms with Crippen LogP contribution >= 0.6 is 0 Å². The Bertz CT molecular complexity index is 260. The number of nitrogens with two attached hydrogens (primary N) is 1. The summed E-state index contributed by atoms with van der Waals surface area (Å²) in [7, 11) is 0. The lowest BCUT2D eigenvalue weighted by Crippen LogP contribution is -2.47. The van der Waals surface area contributed by atoms with Crippen molar-refractivity contribution in [3.8, 4) is 0 Å². The molecule has 3 unspecified atom stereocenters. The highest BCUT2D eigenvalue weighted by Crippen LogP contribution is 2.40. The van der Waals surface area contributed by atoms with Gasteiger partial charge in [0.05, 0.1) is 6.61 Å². The molecule has 3 atom stereocenters. The van der Waals surface area contributed by atoms with Crippen molar-refractivity contribution in [3.05, 3.63) is 0 Å². The van der Waals surface area contributed by atoms with Crippen LogP contribution in [0, 0.1) is 17.3 Å². The lowest BCUT2D eigenvalue weighted by molar-refractivity contribution is 0.0798. The number of aliphatic hydroxyl groups excluding tert-OH is 1. The van der Waals surface area contributed by atoms with Gasteiger partial charge in [0.25, 0.3) is 0 Å². The lowest BCUT2D eigenvalue weighted by atomic mass is 9.67. The van der Waals surface area contributed by atoms with Crippen LogP contribution < -0.4 is 5.73 Å². The maximum absolute atomic E-state index is 9.19. The first kappa shape index (κ1) is 16.9. The van der Waals surface area contributed by atoms with Gasteiger partial charge in [-0.05, 0) is 50.4 Å². The van der Waals surface area contributed by atoms with Crippen molar-refractivity contribution < 1.29 is 5.11 Å². The number of hydrogen-bond donors (Lipinski definition) is 2. The maximum Gasteiger partial charge on any atom is 0.0558 e. The molecule has 0 saturated heterocycles. The fraction of sp³-hybridized carbons (Fsp3) is 1.00. The normalized spacial score (nSPS) is 29.2. The first-order valence-corrected chi connectivity index (χ1v) is 7.86. The summed E-state index contributed by atoms with van der Waals surface area (Å²) < 4.78 is 0. The molecule has 1 aliphatic rings. The minimum atomic E-state index is 0.239. The van der Waals surface area contributed by atoms with Crippen molar-refractivity contribution in [1.29, 1.82) is 0 Å². The van der Waals surface area contributed by atoms with Crippen LogP contribution in [0.3, 0.4) is 0 Å². The highest BCUT2D eigenvalue weighted by molar-refractivity contribution is 4.89. The second-order valence-corrected chi connectivity index (χ2v) is 7.61. The predicted molar refractivity (Wildman–Crippen MR) is 82.1 cm³/mol. The minimum absolute atomic E-state index is 0.239. The Kier molecular flexibility index (Phi) is 6.28. The Labute approximate surface area is 119 Å². The molecule has 19 heavy (non-hydrogen) atoms. The molecule has 0 aromatic carbocycles. The van der Waals surface area contributed by atoms with Gasteiger partial charge >= 0.3 is 0 Å². The Morgan fingerprint density at radius 1 is 1.26 bits per heavy atom. The van der Waals surface area contributed by atoms with Crippen molar-refractivity contribution in [2.45, 2.75) is 66.0 Å². The van der Waals surface area contributed by atoms with Gasteiger partial charge in [-0.15, -0.1) is 0 Å². The summed E-state index contributed by atoms with van der Waals surface area (Å²) in [5, 5.41) is 9.19. The van der Waals surface area contributed by atoms with Crippen LogP contribution in [0.15, 0.2) is 0 Å². The van der Waals surface area contributed by atoms with Crippen LogP contribution in [0.4, 0.5) is 0 Å². The van der Waals surface area contributed by atoms with Crippen LogP contribution in [0.1, 0.15) is 53.9 Å². The van der Waals surface area contributed by atoms with Gasteiger partial charge in [0, 0.05) is 25.2 Å². The zero-order chi connectivity index (χ0) is 14.6. The highest BCUT2D eigenvalue weighted by atomic mass is 16.3. The van der Waals surface area contributed by atoms with Crippen LogP contribution in [0.2, 0.25) is 0 Å². The SMILES string of the molecule is CC(C)N(CCO)CC1CC(C(C)(C)C)CCC1N. The quantitative estimate of drug-likeness (QED) is 0.807. The summed E-state index contributed by atoms with van der Waals surface area (Å²) >= 11 is 0. The molecule has 0 aliphatic heterocycles. The molecule has 0 aromatic rings. The van der Waals surface area contributed by atoms with E-state index in [0.717, 1.165) is 25.4 Å². The third-order valence-corrected chi connectivity index (χ3v) is 4.85. The number of rotatable bonds is 5. The van der Waals surface area contributed by atoms with Gasteiger partial charge in [-0.2, -0.15) is 0 Å². The molecule has 1 aliphatic carbocycles. The van der Waals surface area contributed by atoms with E-state index in [4.69, 9.17) is 5.73 Å². The standard InChI is InChI=1S/C16H34N2O/c1-12(2)18(8-9-19)11-13-10-14(16(3,4)5)6-7-15(13)17/h12-15,19H,6-11,17H2,1-5H3. The summed E-state index contributed by atoms with van der Waals surface area (Å²) in [4.78, 5) is 2.37. The smallest absolute Gasteiger partial charge is 0.0558 e. The van der Waals surface area contributed by atoms with Crippen LogP contribution in [0.5, 0.6) is 0 Å². The van der Waals surface area contributed by atoms with Crippen LogP contribution in [0.25, 0.3) is 0 Å². The topological polar surface area (TPSA) is 49.5 Å². The summed E-state index contributed by atoms with van der Waals surface area (Å²) in [5.74, 6) is 1.35. The van der Waals surface area contributed by atoms with Crippen molar-refractivity contribution >= 4 is 0 Å². The zero-order valence-electron chi connectivity index (χ0n) is 13.5. The summed E-state index contributed by atoms with van der Waals surface area (Å²) in [6.45, 7) is 13.5. The molecule has 114 valence electrons. The Morgan fingerprint density at radius 3 is 2.37 bits per heavy atom. The predicted octanol–water partition coefficient (Wildman–Crippen LogP) is 2.48. The fourth-order valence-corrected chi connectivity index (χ4v) is 3.27. The van der Waals surface area contributed by atoms with Gasteiger partial charge in [-0.1, -0.05) is 20.8 Å². The molecule has 0 heterocycles. The molecule has 3 heteroatoms. The van der Waals surface area contributed by atoms with E-state index in [9.17, 15) is 5.11 Å². The van der Waals surface area contributed by atoms with E-state index in [1.165, 1.54) is 12.8 Å². The molecule has 0 spiro atoms. The average molecular weight is 270 g/mol. The van der Waals surface area contributed by atoms with Gasteiger partial charge in [-0.25, -0.2) is 0 Å². The molecule has 3 nitrogen and oxygen atoms in total. The zero-order valence-corrected chi connectivity index (χ0v) is 13.5. The Morgan fingerprint density at radius 2 is 1.89 bits per heavy atom. The second-order valence-electron chi connectivity index (χ2n) is 7.61. The molecule has 0 bridgehead atoms. The van der Waals surface area contributed by atoms with Gasteiger partial charge in [0.15, 0.2) is 0 Å². The van der Waals surface area contributed by atoms with Crippen molar-refractivity contribution in [2.75, 3.05) is 19.7 Å². The third-order valence-electron chi connectivity index (χ3n) is 4.85. The number of nitrogens with zero attached hydrogens (tertiary/aromatic N) is 1.